The predicted octanol–water partition coefficient (Wildman–Crippen LogP) is -0.0775. The van der Waals surface area contributed by atoms with Gasteiger partial charge in [-0.25, -0.2) is 0 Å². The van der Waals surface area contributed by atoms with Gasteiger partial charge >= 0.3 is 5.97 Å². The number of rotatable bonds is 8. The van der Waals surface area contributed by atoms with Crippen molar-refractivity contribution < 1.29 is 14.7 Å². The third kappa shape index (κ3) is 7.83. The molecule has 0 fully saturated rings. The summed E-state index contributed by atoms with van der Waals surface area (Å²) in [5.41, 5.74) is 0. The molecule has 0 rings (SSSR count). The fourth-order valence-corrected chi connectivity index (χ4v) is 1.15. The number of carboxylic acids is 1. The van der Waals surface area contributed by atoms with E-state index in [1.165, 1.54) is 4.90 Å². The molecule has 2 N–H and O–H groups in total. The van der Waals surface area contributed by atoms with Gasteiger partial charge in [-0.2, -0.15) is 0 Å². The van der Waals surface area contributed by atoms with Crippen molar-refractivity contribution in [3.63, 3.8) is 0 Å². The zero-order valence-electron chi connectivity index (χ0n) is 9.53. The molecule has 0 aliphatic heterocycles. The van der Waals surface area contributed by atoms with Crippen molar-refractivity contribution in [2.24, 2.45) is 0 Å². The first-order valence-corrected chi connectivity index (χ1v) is 5.24. The molecule has 0 aliphatic rings. The molecule has 0 heterocycles. The monoisotopic (exact) mass is 226 g/mol. The predicted molar refractivity (Wildman–Crippen MR) is 60.8 cm³/mol. The molecule has 0 saturated heterocycles. The number of nitrogens with zero attached hydrogens (tertiary/aromatic N) is 1. The largest absolute Gasteiger partial charge is 0.480 e. The molecule has 0 bridgehead atoms. The molecule has 0 atom stereocenters. The fraction of sp³-hybridized carbons (Fsp3) is 0.636. The number of carboxylic acid groups (broad SMARTS) is 1. The molecule has 0 aromatic heterocycles. The number of unbranched alkanes of at least 4 members (excludes halogenated alkanes) is 1. The summed E-state index contributed by atoms with van der Waals surface area (Å²) in [6.45, 7) is 2.62. The molecule has 16 heavy (non-hydrogen) atoms. The Bertz CT molecular complexity index is 271. The molecule has 5 heteroatoms. The van der Waals surface area contributed by atoms with Crippen molar-refractivity contribution in [1.82, 2.24) is 10.2 Å². The van der Waals surface area contributed by atoms with Crippen molar-refractivity contribution in [1.29, 1.82) is 0 Å². The summed E-state index contributed by atoms with van der Waals surface area (Å²) in [4.78, 5) is 23.3. The van der Waals surface area contributed by atoms with Gasteiger partial charge in [-0.3, -0.25) is 14.5 Å². The van der Waals surface area contributed by atoms with Crippen LogP contribution in [0.4, 0.5) is 0 Å². The second-order valence-electron chi connectivity index (χ2n) is 3.45. The average Bonchev–Trinajstić information content (AvgIpc) is 2.17. The number of nitrogens with one attached hydrogen (secondary N) is 1. The van der Waals surface area contributed by atoms with Crippen LogP contribution in [0.25, 0.3) is 0 Å². The van der Waals surface area contributed by atoms with E-state index in [1.807, 2.05) is 6.92 Å². The van der Waals surface area contributed by atoms with Crippen LogP contribution in [-0.2, 0) is 9.59 Å². The van der Waals surface area contributed by atoms with Gasteiger partial charge in [-0.15, -0.1) is 6.42 Å². The zero-order valence-corrected chi connectivity index (χ0v) is 9.53. The van der Waals surface area contributed by atoms with Crippen LogP contribution in [0.2, 0.25) is 0 Å². The summed E-state index contributed by atoms with van der Waals surface area (Å²) in [6.07, 6.45) is 7.01. The van der Waals surface area contributed by atoms with Gasteiger partial charge in [0.15, 0.2) is 0 Å². The van der Waals surface area contributed by atoms with Crippen LogP contribution < -0.4 is 5.32 Å². The SMILES string of the molecule is C#CCN(CC(=O)O)CC(=O)NCCCC. The van der Waals surface area contributed by atoms with Crippen molar-refractivity contribution in [2.45, 2.75) is 19.8 Å². The van der Waals surface area contributed by atoms with E-state index in [9.17, 15) is 9.59 Å². The van der Waals surface area contributed by atoms with Gasteiger partial charge in [0.2, 0.25) is 5.91 Å². The Balaban J connectivity index is 3.93. The first-order chi connectivity index (χ1) is 7.60. The van der Waals surface area contributed by atoms with E-state index in [-0.39, 0.29) is 25.5 Å². The molecule has 0 unspecified atom stereocenters. The quantitative estimate of drug-likeness (QED) is 0.449. The highest BCUT2D eigenvalue weighted by molar-refractivity contribution is 5.79. The topological polar surface area (TPSA) is 69.6 Å². The smallest absolute Gasteiger partial charge is 0.317 e. The lowest BCUT2D eigenvalue weighted by Crippen LogP contribution is -2.40. The van der Waals surface area contributed by atoms with Crippen molar-refractivity contribution in [2.75, 3.05) is 26.2 Å². The highest BCUT2D eigenvalue weighted by atomic mass is 16.4. The number of carbonyl (C=O) groups is 2. The van der Waals surface area contributed by atoms with E-state index in [0.29, 0.717) is 6.54 Å². The van der Waals surface area contributed by atoms with E-state index in [2.05, 4.69) is 11.2 Å². The molecular weight excluding hydrogens is 208 g/mol. The average molecular weight is 226 g/mol. The van der Waals surface area contributed by atoms with Crippen LogP contribution in [0.15, 0.2) is 0 Å². The van der Waals surface area contributed by atoms with E-state index in [0.717, 1.165) is 12.8 Å². The van der Waals surface area contributed by atoms with E-state index < -0.39 is 5.97 Å². The van der Waals surface area contributed by atoms with Gasteiger partial charge in [0.25, 0.3) is 0 Å². The highest BCUT2D eigenvalue weighted by Gasteiger charge is 2.12. The van der Waals surface area contributed by atoms with Gasteiger partial charge in [0, 0.05) is 6.54 Å². The van der Waals surface area contributed by atoms with Crippen LogP contribution in [0.1, 0.15) is 19.8 Å². The third-order valence-corrected chi connectivity index (χ3v) is 1.89. The van der Waals surface area contributed by atoms with Gasteiger partial charge < -0.3 is 10.4 Å². The van der Waals surface area contributed by atoms with Crippen molar-refractivity contribution in [3.8, 4) is 12.3 Å². The van der Waals surface area contributed by atoms with Crippen LogP contribution in [0, 0.1) is 12.3 Å². The molecular formula is C11H18N2O3. The number of hydrogen-bond donors (Lipinski definition) is 2. The summed E-state index contributed by atoms with van der Waals surface area (Å²) in [6, 6.07) is 0. The molecule has 90 valence electrons. The lowest BCUT2D eigenvalue weighted by atomic mass is 10.3. The molecule has 0 saturated carbocycles. The summed E-state index contributed by atoms with van der Waals surface area (Å²) >= 11 is 0. The van der Waals surface area contributed by atoms with Crippen LogP contribution in [-0.4, -0.2) is 48.1 Å². The van der Waals surface area contributed by atoms with Crippen LogP contribution in [0.5, 0.6) is 0 Å². The Kier molecular flexibility index (Phi) is 7.90. The molecule has 0 aromatic rings. The molecule has 0 radical (unpaired) electrons. The van der Waals surface area contributed by atoms with Crippen molar-refractivity contribution in [3.05, 3.63) is 0 Å². The first kappa shape index (κ1) is 14.5. The third-order valence-electron chi connectivity index (χ3n) is 1.89. The Morgan fingerprint density at radius 2 is 2.12 bits per heavy atom. The zero-order chi connectivity index (χ0) is 12.4. The second-order valence-corrected chi connectivity index (χ2v) is 3.45. The normalized spacial score (nSPS) is 9.81. The summed E-state index contributed by atoms with van der Waals surface area (Å²) in [7, 11) is 0. The molecule has 0 aliphatic carbocycles. The minimum atomic E-state index is -0.989. The molecule has 0 spiro atoms. The molecule has 0 aromatic carbocycles. The van der Waals surface area contributed by atoms with Gasteiger partial charge in [0.1, 0.15) is 0 Å². The Morgan fingerprint density at radius 1 is 1.44 bits per heavy atom. The minimum Gasteiger partial charge on any atom is -0.480 e. The lowest BCUT2D eigenvalue weighted by Gasteiger charge is -2.16. The Hall–Kier alpha value is -1.54. The lowest BCUT2D eigenvalue weighted by molar-refractivity contribution is -0.138. The fourth-order valence-electron chi connectivity index (χ4n) is 1.15. The number of amides is 1. The Morgan fingerprint density at radius 3 is 2.62 bits per heavy atom. The Labute approximate surface area is 95.8 Å². The van der Waals surface area contributed by atoms with Crippen LogP contribution in [0.3, 0.4) is 0 Å². The number of carbonyl (C=O) groups excluding carboxylic acids is 1. The number of hydrogen-bond acceptors (Lipinski definition) is 3. The molecule has 1 amide bonds. The summed E-state index contributed by atoms with van der Waals surface area (Å²) < 4.78 is 0. The van der Waals surface area contributed by atoms with E-state index in [1.54, 1.807) is 0 Å². The maximum absolute atomic E-state index is 11.4. The standard InChI is InChI=1S/C11H18N2O3/c1-3-5-6-12-10(14)8-13(7-4-2)9-11(15)16/h2H,3,5-9H2,1H3,(H,12,14)(H,15,16). The van der Waals surface area contributed by atoms with E-state index >= 15 is 0 Å². The number of aliphatic carboxylic acids is 1. The van der Waals surface area contributed by atoms with Crippen LogP contribution >= 0.6 is 0 Å². The van der Waals surface area contributed by atoms with E-state index in [4.69, 9.17) is 11.5 Å². The summed E-state index contributed by atoms with van der Waals surface area (Å²) in [5.74, 6) is 1.15. The van der Waals surface area contributed by atoms with Crippen molar-refractivity contribution >= 4 is 11.9 Å². The maximum atomic E-state index is 11.4. The number of terminal acetylenes is 1. The van der Waals surface area contributed by atoms with Gasteiger partial charge in [0.05, 0.1) is 19.6 Å². The van der Waals surface area contributed by atoms with Gasteiger partial charge in [-0.1, -0.05) is 19.3 Å². The maximum Gasteiger partial charge on any atom is 0.317 e. The summed E-state index contributed by atoms with van der Waals surface area (Å²) in [5, 5.41) is 11.3. The first-order valence-electron chi connectivity index (χ1n) is 5.24. The highest BCUT2D eigenvalue weighted by Crippen LogP contribution is 1.88. The molecule has 5 nitrogen and oxygen atoms in total. The minimum absolute atomic E-state index is 0.0280. The van der Waals surface area contributed by atoms with Gasteiger partial charge in [-0.05, 0) is 6.42 Å². The second kappa shape index (κ2) is 8.74.